The fourth-order valence-corrected chi connectivity index (χ4v) is 3.77. The lowest BCUT2D eigenvalue weighted by Gasteiger charge is -2.24. The molecule has 0 aromatic heterocycles. The molecular formula is C19H26N2O2. The lowest BCUT2D eigenvalue weighted by molar-refractivity contribution is -0.130. The van der Waals surface area contributed by atoms with Crippen LogP contribution in [-0.2, 0) is 9.59 Å². The summed E-state index contributed by atoms with van der Waals surface area (Å²) in [6.07, 6.45) is 5.00. The third-order valence-electron chi connectivity index (χ3n) is 5.25. The number of carbonyl (C=O) groups excluding carboxylic acids is 2. The van der Waals surface area contributed by atoms with E-state index in [4.69, 9.17) is 0 Å². The van der Waals surface area contributed by atoms with Crippen LogP contribution in [0.5, 0.6) is 0 Å². The Hall–Kier alpha value is -1.84. The van der Waals surface area contributed by atoms with Gasteiger partial charge in [0.2, 0.25) is 11.8 Å². The molecule has 23 heavy (non-hydrogen) atoms. The molecule has 1 aromatic carbocycles. The Kier molecular flexibility index (Phi) is 4.99. The maximum atomic E-state index is 12.4. The zero-order chi connectivity index (χ0) is 16.2. The lowest BCUT2D eigenvalue weighted by Crippen LogP contribution is -2.37. The average molecular weight is 314 g/mol. The van der Waals surface area contributed by atoms with Crippen LogP contribution in [0.4, 0.5) is 0 Å². The third-order valence-corrected chi connectivity index (χ3v) is 5.25. The molecule has 2 aliphatic rings. The molecule has 2 fully saturated rings. The summed E-state index contributed by atoms with van der Waals surface area (Å²) in [5.41, 5.74) is 1.22. The topological polar surface area (TPSA) is 49.4 Å². The van der Waals surface area contributed by atoms with Crippen molar-refractivity contribution >= 4 is 11.8 Å². The summed E-state index contributed by atoms with van der Waals surface area (Å²) in [5, 5.41) is 3.04. The van der Waals surface area contributed by atoms with Crippen molar-refractivity contribution in [1.82, 2.24) is 10.2 Å². The van der Waals surface area contributed by atoms with Gasteiger partial charge in [-0.05, 0) is 24.3 Å². The summed E-state index contributed by atoms with van der Waals surface area (Å²) in [4.78, 5) is 26.5. The second-order valence-electron chi connectivity index (χ2n) is 6.94. The predicted octanol–water partition coefficient (Wildman–Crippen LogP) is 2.70. The van der Waals surface area contributed by atoms with Gasteiger partial charge in [-0.25, -0.2) is 0 Å². The van der Waals surface area contributed by atoms with Gasteiger partial charge in [0, 0.05) is 25.6 Å². The van der Waals surface area contributed by atoms with E-state index in [0.29, 0.717) is 25.6 Å². The van der Waals surface area contributed by atoms with Crippen molar-refractivity contribution in [1.29, 1.82) is 0 Å². The molecule has 1 N–H and O–H groups in total. The minimum atomic E-state index is -0.175. The molecule has 3 rings (SSSR count). The minimum absolute atomic E-state index is 0.0293. The van der Waals surface area contributed by atoms with Crippen LogP contribution in [0.1, 0.15) is 50.5 Å². The van der Waals surface area contributed by atoms with Crippen LogP contribution < -0.4 is 5.32 Å². The zero-order valence-electron chi connectivity index (χ0n) is 13.8. The van der Waals surface area contributed by atoms with Gasteiger partial charge in [0.15, 0.2) is 0 Å². The molecule has 1 aliphatic heterocycles. The standard InChI is InChI=1S/C19H26N2O2/c1-14(15-7-3-2-4-8-15)12-20-19(23)16-11-18(22)21(13-16)17-9-5-6-10-17/h2-4,7-8,14,16-17H,5-6,9-13H2,1H3,(H,20,23)/t14-,16-/m0/s1. The van der Waals surface area contributed by atoms with Gasteiger partial charge in [0.1, 0.15) is 0 Å². The van der Waals surface area contributed by atoms with E-state index in [9.17, 15) is 9.59 Å². The number of hydrogen-bond acceptors (Lipinski definition) is 2. The molecule has 0 spiro atoms. The average Bonchev–Trinajstić information content (AvgIpc) is 3.22. The van der Waals surface area contributed by atoms with Crippen molar-refractivity contribution in [2.75, 3.05) is 13.1 Å². The summed E-state index contributed by atoms with van der Waals surface area (Å²) >= 11 is 0. The van der Waals surface area contributed by atoms with Crippen LogP contribution in [0.15, 0.2) is 30.3 Å². The minimum Gasteiger partial charge on any atom is -0.355 e. The Morgan fingerprint density at radius 2 is 1.96 bits per heavy atom. The fourth-order valence-electron chi connectivity index (χ4n) is 3.77. The molecule has 0 unspecified atom stereocenters. The molecule has 124 valence electrons. The van der Waals surface area contributed by atoms with E-state index >= 15 is 0 Å². The first-order valence-corrected chi connectivity index (χ1v) is 8.77. The van der Waals surface area contributed by atoms with Crippen molar-refractivity contribution in [2.24, 2.45) is 5.92 Å². The van der Waals surface area contributed by atoms with E-state index in [0.717, 1.165) is 12.8 Å². The van der Waals surface area contributed by atoms with Crippen LogP contribution in [0.2, 0.25) is 0 Å². The van der Waals surface area contributed by atoms with Gasteiger partial charge in [-0.15, -0.1) is 0 Å². The predicted molar refractivity (Wildman–Crippen MR) is 89.9 cm³/mol. The monoisotopic (exact) mass is 314 g/mol. The fraction of sp³-hybridized carbons (Fsp3) is 0.579. The smallest absolute Gasteiger partial charge is 0.225 e. The Labute approximate surface area is 138 Å². The van der Waals surface area contributed by atoms with Crippen LogP contribution >= 0.6 is 0 Å². The summed E-state index contributed by atoms with van der Waals surface area (Å²) in [7, 11) is 0. The molecular weight excluding hydrogens is 288 g/mol. The lowest BCUT2D eigenvalue weighted by atomic mass is 10.0. The quantitative estimate of drug-likeness (QED) is 0.908. The molecule has 4 nitrogen and oxygen atoms in total. The first kappa shape index (κ1) is 16.0. The van der Waals surface area contributed by atoms with Crippen molar-refractivity contribution < 1.29 is 9.59 Å². The van der Waals surface area contributed by atoms with E-state index in [1.165, 1.54) is 18.4 Å². The van der Waals surface area contributed by atoms with E-state index in [-0.39, 0.29) is 23.7 Å². The highest BCUT2D eigenvalue weighted by molar-refractivity contribution is 5.89. The number of likely N-dealkylation sites (tertiary alicyclic amines) is 1. The maximum absolute atomic E-state index is 12.4. The molecule has 4 heteroatoms. The number of carbonyl (C=O) groups is 2. The number of nitrogens with one attached hydrogen (secondary N) is 1. The van der Waals surface area contributed by atoms with Gasteiger partial charge in [0.25, 0.3) is 0 Å². The van der Waals surface area contributed by atoms with Gasteiger partial charge < -0.3 is 10.2 Å². The normalized spacial score (nSPS) is 23.3. The van der Waals surface area contributed by atoms with Crippen molar-refractivity contribution in [2.45, 2.75) is 51.0 Å². The van der Waals surface area contributed by atoms with E-state index in [1.807, 2.05) is 23.1 Å². The molecule has 1 saturated carbocycles. The maximum Gasteiger partial charge on any atom is 0.225 e. The van der Waals surface area contributed by atoms with Crippen LogP contribution in [0.3, 0.4) is 0 Å². The Balaban J connectivity index is 1.50. The zero-order valence-corrected chi connectivity index (χ0v) is 13.8. The van der Waals surface area contributed by atoms with Gasteiger partial charge >= 0.3 is 0 Å². The summed E-state index contributed by atoms with van der Waals surface area (Å²) in [6, 6.07) is 10.6. The molecule has 2 atom stereocenters. The van der Waals surface area contributed by atoms with E-state index in [2.05, 4.69) is 24.4 Å². The van der Waals surface area contributed by atoms with Crippen LogP contribution in [0, 0.1) is 5.92 Å². The molecule has 1 saturated heterocycles. The Morgan fingerprint density at radius 3 is 2.65 bits per heavy atom. The largest absolute Gasteiger partial charge is 0.355 e. The first-order valence-electron chi connectivity index (χ1n) is 8.77. The molecule has 1 aliphatic carbocycles. The Bertz CT molecular complexity index is 552. The number of benzene rings is 1. The summed E-state index contributed by atoms with van der Waals surface area (Å²) in [5.74, 6) is 0.295. The molecule has 1 heterocycles. The van der Waals surface area contributed by atoms with Crippen molar-refractivity contribution in [3.63, 3.8) is 0 Å². The molecule has 0 bridgehead atoms. The number of nitrogens with zero attached hydrogens (tertiary/aromatic N) is 1. The third kappa shape index (κ3) is 3.74. The van der Waals surface area contributed by atoms with Gasteiger partial charge in [-0.2, -0.15) is 0 Å². The summed E-state index contributed by atoms with van der Waals surface area (Å²) in [6.45, 7) is 3.34. The second kappa shape index (κ2) is 7.16. The highest BCUT2D eigenvalue weighted by Crippen LogP contribution is 2.29. The highest BCUT2D eigenvalue weighted by Gasteiger charge is 2.38. The Morgan fingerprint density at radius 1 is 1.26 bits per heavy atom. The number of rotatable bonds is 5. The van der Waals surface area contributed by atoms with E-state index < -0.39 is 0 Å². The molecule has 2 amide bonds. The van der Waals surface area contributed by atoms with Gasteiger partial charge in [-0.1, -0.05) is 50.1 Å². The highest BCUT2D eigenvalue weighted by atomic mass is 16.2. The molecule has 0 radical (unpaired) electrons. The number of hydrogen-bond donors (Lipinski definition) is 1. The SMILES string of the molecule is C[C@@H](CNC(=O)[C@H]1CC(=O)N(C2CCCC2)C1)c1ccccc1. The second-order valence-corrected chi connectivity index (χ2v) is 6.94. The van der Waals surface area contributed by atoms with Crippen molar-refractivity contribution in [3.8, 4) is 0 Å². The van der Waals surface area contributed by atoms with Gasteiger partial charge in [0.05, 0.1) is 5.92 Å². The van der Waals surface area contributed by atoms with Crippen molar-refractivity contribution in [3.05, 3.63) is 35.9 Å². The van der Waals surface area contributed by atoms with Crippen LogP contribution in [-0.4, -0.2) is 35.8 Å². The van der Waals surface area contributed by atoms with Crippen LogP contribution in [0.25, 0.3) is 0 Å². The number of amides is 2. The molecule has 1 aromatic rings. The van der Waals surface area contributed by atoms with E-state index in [1.54, 1.807) is 0 Å². The summed E-state index contributed by atoms with van der Waals surface area (Å²) < 4.78 is 0. The first-order chi connectivity index (χ1) is 11.1. The van der Waals surface area contributed by atoms with Gasteiger partial charge in [-0.3, -0.25) is 9.59 Å².